The van der Waals surface area contributed by atoms with Gasteiger partial charge in [0.1, 0.15) is 31.5 Å². The number of rotatable bonds is 8. The van der Waals surface area contributed by atoms with Gasteiger partial charge in [0.2, 0.25) is 5.95 Å². The van der Waals surface area contributed by atoms with Gasteiger partial charge in [0.15, 0.2) is 17.5 Å². The number of nitrogens with zero attached hydrogens (tertiary/aromatic N) is 4. The Balaban J connectivity index is 0.867. The highest BCUT2D eigenvalue weighted by molar-refractivity contribution is 5.87. The second-order valence-electron chi connectivity index (χ2n) is 15.6. The lowest BCUT2D eigenvalue weighted by atomic mass is 9.97. The van der Waals surface area contributed by atoms with Crippen molar-refractivity contribution in [3.63, 3.8) is 0 Å². The van der Waals surface area contributed by atoms with Gasteiger partial charge in [0.25, 0.3) is 5.88 Å². The van der Waals surface area contributed by atoms with Crippen LogP contribution in [0, 0.1) is 0 Å². The van der Waals surface area contributed by atoms with Crippen molar-refractivity contribution in [1.82, 2.24) is 19.5 Å². The highest BCUT2D eigenvalue weighted by Crippen LogP contribution is 2.46. The largest absolute Gasteiger partial charge is 0.515 e. The van der Waals surface area contributed by atoms with Crippen molar-refractivity contribution in [2.75, 3.05) is 31.7 Å². The Hall–Kier alpha value is -6.97. The molecular weight excluding hydrogens is 791 g/mol. The van der Waals surface area contributed by atoms with Crippen LogP contribution in [0.5, 0.6) is 5.88 Å². The fourth-order valence-electron chi connectivity index (χ4n) is 9.24. The third kappa shape index (κ3) is 6.73. The number of imidazole rings is 1. The zero-order valence-electron chi connectivity index (χ0n) is 33.1. The molecule has 14 nitrogen and oxygen atoms in total. The van der Waals surface area contributed by atoms with Crippen LogP contribution >= 0.6 is 0 Å². The molecule has 11 rings (SSSR count). The molecule has 2 aliphatic carbocycles. The number of benzene rings is 5. The highest BCUT2D eigenvalue weighted by atomic mass is 16.7. The number of anilines is 1. The molecule has 310 valence electrons. The summed E-state index contributed by atoms with van der Waals surface area (Å²) in [5.41, 5.74) is 9.58. The number of carbonyl (C=O) groups excluding carboxylic acids is 2. The SMILES string of the molecule is O=C(Nc1nc(OC(=O)OCC2c3ccccc3-c3ccccc32)c2ncn(C3COC4COC(c5ccccc5)O[C@@H]4C3O)c2n1)OCC1c2ccccc2-c2ccccc21. The minimum atomic E-state index is -1.10. The van der Waals surface area contributed by atoms with Gasteiger partial charge < -0.3 is 38.1 Å². The van der Waals surface area contributed by atoms with E-state index in [0.29, 0.717) is 0 Å². The summed E-state index contributed by atoms with van der Waals surface area (Å²) in [4.78, 5) is 40.7. The van der Waals surface area contributed by atoms with Crippen LogP contribution in [0.15, 0.2) is 134 Å². The summed E-state index contributed by atoms with van der Waals surface area (Å²) in [6.07, 6.45) is -3.49. The molecule has 14 heteroatoms. The number of amides is 1. The predicted molar refractivity (Wildman–Crippen MR) is 225 cm³/mol. The van der Waals surface area contributed by atoms with E-state index in [1.807, 2.05) is 103 Å². The van der Waals surface area contributed by atoms with Gasteiger partial charge in [-0.1, -0.05) is 127 Å². The van der Waals surface area contributed by atoms with Crippen molar-refractivity contribution in [2.45, 2.75) is 42.5 Å². The standard InChI is InChI=1S/C48H39N5O9/c54-41-38(24-57-39-25-58-45(61-42(39)41)27-12-2-1-3-13-27)53-26-49-40-43(53)50-46(52-47(55)59-22-36-32-18-8-4-14-28(32)29-15-5-9-19-33(29)36)51-44(40)62-48(56)60-23-37-34-20-10-6-16-30(34)31-17-7-11-21-35(31)37/h1-21,26,36-39,41-42,45,54H,22-25H2,(H,50,51,52,55)/t38?,39?,41?,42-,45?/m0/s1. The quantitative estimate of drug-likeness (QED) is 0.142. The van der Waals surface area contributed by atoms with Crippen LogP contribution < -0.4 is 10.1 Å². The maximum Gasteiger partial charge on any atom is 0.515 e. The van der Waals surface area contributed by atoms with E-state index in [1.54, 1.807) is 4.57 Å². The first-order valence-corrected chi connectivity index (χ1v) is 20.5. The molecule has 2 aliphatic heterocycles. The Labute approximate surface area is 355 Å². The van der Waals surface area contributed by atoms with Crippen LogP contribution in [0.1, 0.15) is 52.0 Å². The third-order valence-corrected chi connectivity index (χ3v) is 12.2. The zero-order chi connectivity index (χ0) is 41.7. The number of ether oxygens (including phenoxy) is 6. The fourth-order valence-corrected chi connectivity index (χ4v) is 9.24. The summed E-state index contributed by atoms with van der Waals surface area (Å²) >= 11 is 0. The summed E-state index contributed by atoms with van der Waals surface area (Å²) < 4.78 is 37.3. The molecule has 2 fully saturated rings. The second-order valence-corrected chi connectivity index (χ2v) is 15.6. The lowest BCUT2D eigenvalue weighted by Crippen LogP contribution is -2.56. The molecule has 4 heterocycles. The van der Waals surface area contributed by atoms with Crippen LogP contribution in [0.4, 0.5) is 15.5 Å². The molecule has 7 aromatic rings. The van der Waals surface area contributed by atoms with E-state index >= 15 is 0 Å². The van der Waals surface area contributed by atoms with E-state index < -0.39 is 42.9 Å². The lowest BCUT2D eigenvalue weighted by Gasteiger charge is -2.45. The Morgan fingerprint density at radius 2 is 1.26 bits per heavy atom. The van der Waals surface area contributed by atoms with E-state index in [-0.39, 0.29) is 61.3 Å². The van der Waals surface area contributed by atoms with Crippen molar-refractivity contribution in [2.24, 2.45) is 0 Å². The molecule has 5 atom stereocenters. The van der Waals surface area contributed by atoms with Gasteiger partial charge in [-0.25, -0.2) is 14.6 Å². The van der Waals surface area contributed by atoms with Crippen LogP contribution in [0.3, 0.4) is 0 Å². The van der Waals surface area contributed by atoms with E-state index in [4.69, 9.17) is 28.4 Å². The van der Waals surface area contributed by atoms with Gasteiger partial charge in [-0.3, -0.25) is 5.32 Å². The number of aliphatic hydroxyl groups is 1. The first kappa shape index (κ1) is 38.0. The summed E-state index contributed by atoms with van der Waals surface area (Å²) in [5, 5.41) is 14.5. The first-order valence-electron chi connectivity index (χ1n) is 20.5. The van der Waals surface area contributed by atoms with Crippen molar-refractivity contribution < 1.29 is 43.1 Å². The molecule has 0 saturated carbocycles. The molecular formula is C48H39N5O9. The van der Waals surface area contributed by atoms with Gasteiger partial charge in [-0.2, -0.15) is 9.97 Å². The maximum atomic E-state index is 13.5. The number of hydrogen-bond donors (Lipinski definition) is 2. The van der Waals surface area contributed by atoms with Crippen LogP contribution in [0.25, 0.3) is 33.4 Å². The molecule has 62 heavy (non-hydrogen) atoms. The van der Waals surface area contributed by atoms with E-state index in [2.05, 4.69) is 44.5 Å². The smallest absolute Gasteiger partial charge is 0.448 e. The number of aromatic nitrogens is 4. The minimum absolute atomic E-state index is 0.00222. The van der Waals surface area contributed by atoms with Crippen molar-refractivity contribution >= 4 is 29.4 Å². The zero-order valence-corrected chi connectivity index (χ0v) is 33.1. The number of hydrogen-bond acceptors (Lipinski definition) is 12. The highest BCUT2D eigenvalue weighted by Gasteiger charge is 2.46. The minimum Gasteiger partial charge on any atom is -0.448 e. The number of carbonyl (C=O) groups is 2. The van der Waals surface area contributed by atoms with Crippen molar-refractivity contribution in [3.8, 4) is 28.1 Å². The molecule has 0 spiro atoms. The molecule has 5 aromatic carbocycles. The summed E-state index contributed by atoms with van der Waals surface area (Å²) in [6, 6.07) is 40.8. The van der Waals surface area contributed by atoms with Crippen LogP contribution in [0.2, 0.25) is 0 Å². The molecule has 2 N–H and O–H groups in total. The number of nitrogens with one attached hydrogen (secondary N) is 1. The van der Waals surface area contributed by atoms with Gasteiger partial charge in [-0.15, -0.1) is 0 Å². The van der Waals surface area contributed by atoms with Crippen LogP contribution in [-0.2, 0) is 23.7 Å². The lowest BCUT2D eigenvalue weighted by molar-refractivity contribution is -0.306. The van der Waals surface area contributed by atoms with Crippen molar-refractivity contribution in [1.29, 1.82) is 0 Å². The normalized spacial score (nSPS) is 21.3. The molecule has 1 amide bonds. The Morgan fingerprint density at radius 3 is 1.87 bits per heavy atom. The molecule has 0 radical (unpaired) electrons. The molecule has 0 bridgehead atoms. The summed E-state index contributed by atoms with van der Waals surface area (Å²) in [5.74, 6) is -0.893. The van der Waals surface area contributed by atoms with E-state index in [1.165, 1.54) is 6.33 Å². The second kappa shape index (κ2) is 15.8. The number of fused-ring (bicyclic) bond motifs is 8. The molecule has 2 aromatic heterocycles. The monoisotopic (exact) mass is 829 g/mol. The van der Waals surface area contributed by atoms with Crippen LogP contribution in [-0.4, -0.2) is 81.6 Å². The Kier molecular flexibility index (Phi) is 9.69. The number of aliphatic hydroxyl groups excluding tert-OH is 1. The summed E-state index contributed by atoms with van der Waals surface area (Å²) in [6.45, 7) is 0.318. The predicted octanol–water partition coefficient (Wildman–Crippen LogP) is 7.93. The van der Waals surface area contributed by atoms with Gasteiger partial charge in [0, 0.05) is 17.4 Å². The Morgan fingerprint density at radius 1 is 0.694 bits per heavy atom. The average molecular weight is 830 g/mol. The maximum absolute atomic E-state index is 13.5. The van der Waals surface area contributed by atoms with Crippen molar-refractivity contribution in [3.05, 3.63) is 162 Å². The first-order chi connectivity index (χ1) is 30.5. The summed E-state index contributed by atoms with van der Waals surface area (Å²) in [7, 11) is 0. The fraction of sp³-hybridized carbons (Fsp3) is 0.229. The molecule has 2 saturated heterocycles. The van der Waals surface area contributed by atoms with Gasteiger partial charge in [-0.05, 0) is 44.5 Å². The topological polar surface area (TPSA) is 165 Å². The van der Waals surface area contributed by atoms with E-state index in [0.717, 1.165) is 50.1 Å². The van der Waals surface area contributed by atoms with Gasteiger partial charge >= 0.3 is 12.2 Å². The third-order valence-electron chi connectivity index (χ3n) is 12.2. The Bertz CT molecular complexity index is 2740. The molecule has 4 aliphatic rings. The van der Waals surface area contributed by atoms with E-state index in [9.17, 15) is 14.7 Å². The van der Waals surface area contributed by atoms with Gasteiger partial charge in [0.05, 0.1) is 25.6 Å². The molecule has 4 unspecified atom stereocenters. The average Bonchev–Trinajstić information content (AvgIpc) is 3.98.